The molecule has 1 amide bonds. The van der Waals surface area contributed by atoms with E-state index in [2.05, 4.69) is 25.4 Å². The molecule has 1 aliphatic heterocycles. The van der Waals surface area contributed by atoms with Crippen LogP contribution in [0.5, 0.6) is 5.75 Å². The second kappa shape index (κ2) is 10.2. The number of nitrogens with one attached hydrogen (secondary N) is 3. The molecule has 3 N–H and O–H groups in total. The minimum absolute atomic E-state index is 0.00594. The fourth-order valence-electron chi connectivity index (χ4n) is 4.07. The van der Waals surface area contributed by atoms with E-state index in [0.717, 1.165) is 16.8 Å². The van der Waals surface area contributed by atoms with Gasteiger partial charge in [0.25, 0.3) is 16.0 Å². The molecule has 0 radical (unpaired) electrons. The molecule has 0 fully saturated rings. The zero-order chi connectivity index (χ0) is 26.9. The van der Waals surface area contributed by atoms with Gasteiger partial charge < -0.3 is 15.4 Å². The minimum atomic E-state index is -4.01. The van der Waals surface area contributed by atoms with Crippen molar-refractivity contribution >= 4 is 50.8 Å². The summed E-state index contributed by atoms with van der Waals surface area (Å²) in [6.45, 7) is 1.37. The SMILES string of the molecule is COc1ccccc1C1C=C(c2ccc(Cl)cc2)Nc2nc(NS(=O)(=O)c3ccc(NC(C)=O)cc3)nn21. The Labute approximate surface area is 224 Å². The van der Waals surface area contributed by atoms with E-state index >= 15 is 0 Å². The first-order valence-electron chi connectivity index (χ1n) is 11.5. The number of fused-ring (bicyclic) bond motifs is 1. The lowest BCUT2D eigenvalue weighted by Gasteiger charge is -2.25. The Hall–Kier alpha value is -4.35. The van der Waals surface area contributed by atoms with Gasteiger partial charge in [0.05, 0.1) is 12.0 Å². The molecule has 0 spiro atoms. The molecule has 4 aromatic rings. The van der Waals surface area contributed by atoms with Crippen molar-refractivity contribution in [3.63, 3.8) is 0 Å². The van der Waals surface area contributed by atoms with Crippen LogP contribution in [-0.4, -0.2) is 36.2 Å². The highest BCUT2D eigenvalue weighted by Gasteiger charge is 2.28. The average Bonchev–Trinajstić information content (AvgIpc) is 3.30. The number of carbonyl (C=O) groups is 1. The highest BCUT2D eigenvalue weighted by molar-refractivity contribution is 7.92. The van der Waals surface area contributed by atoms with Gasteiger partial charge in [-0.3, -0.25) is 4.79 Å². The molecule has 1 unspecified atom stereocenters. The molecule has 0 aliphatic carbocycles. The molecule has 5 rings (SSSR count). The lowest BCUT2D eigenvalue weighted by molar-refractivity contribution is -0.114. The topological polar surface area (TPSA) is 127 Å². The van der Waals surface area contributed by atoms with Crippen molar-refractivity contribution in [3.05, 3.63) is 95.0 Å². The highest BCUT2D eigenvalue weighted by atomic mass is 35.5. The number of rotatable bonds is 7. The van der Waals surface area contributed by atoms with Crippen molar-refractivity contribution in [2.45, 2.75) is 17.9 Å². The van der Waals surface area contributed by atoms with Crippen LogP contribution in [0.25, 0.3) is 5.70 Å². The number of ether oxygens (including phenoxy) is 1. The zero-order valence-electron chi connectivity index (χ0n) is 20.3. The molecule has 1 aliphatic rings. The molecule has 1 atom stereocenters. The first-order valence-corrected chi connectivity index (χ1v) is 13.3. The molecule has 0 saturated heterocycles. The van der Waals surface area contributed by atoms with Crippen LogP contribution in [0.3, 0.4) is 0 Å². The lowest BCUT2D eigenvalue weighted by atomic mass is 10.0. The smallest absolute Gasteiger partial charge is 0.264 e. The van der Waals surface area contributed by atoms with E-state index in [1.54, 1.807) is 23.9 Å². The van der Waals surface area contributed by atoms with Crippen LogP contribution in [-0.2, 0) is 14.8 Å². The third-order valence-corrected chi connectivity index (χ3v) is 7.39. The number of halogens is 1. The summed E-state index contributed by atoms with van der Waals surface area (Å²) in [5, 5.41) is 10.9. The summed E-state index contributed by atoms with van der Waals surface area (Å²) in [7, 11) is -2.42. The maximum Gasteiger partial charge on any atom is 0.264 e. The lowest BCUT2D eigenvalue weighted by Crippen LogP contribution is -2.21. The van der Waals surface area contributed by atoms with Crippen LogP contribution in [0.2, 0.25) is 5.02 Å². The maximum absolute atomic E-state index is 13.1. The molecule has 38 heavy (non-hydrogen) atoms. The van der Waals surface area contributed by atoms with Gasteiger partial charge in [-0.15, -0.1) is 5.10 Å². The van der Waals surface area contributed by atoms with Gasteiger partial charge in [0.2, 0.25) is 11.9 Å². The van der Waals surface area contributed by atoms with E-state index in [4.69, 9.17) is 16.3 Å². The highest BCUT2D eigenvalue weighted by Crippen LogP contribution is 2.37. The van der Waals surface area contributed by atoms with Gasteiger partial charge in [-0.25, -0.2) is 17.8 Å². The molecular formula is C26H23ClN6O4S. The molecule has 2 heterocycles. The van der Waals surface area contributed by atoms with Crippen LogP contribution in [0.4, 0.5) is 17.6 Å². The number of methoxy groups -OCH3 is 1. The summed E-state index contributed by atoms with van der Waals surface area (Å²) in [5.41, 5.74) is 2.92. The molecular weight excluding hydrogens is 528 g/mol. The summed E-state index contributed by atoms with van der Waals surface area (Å²) in [4.78, 5) is 15.7. The Morgan fingerprint density at radius 1 is 1.05 bits per heavy atom. The monoisotopic (exact) mass is 550 g/mol. The van der Waals surface area contributed by atoms with E-state index < -0.39 is 16.1 Å². The standard InChI is InChI=1S/C26H23ClN6O4S/c1-16(34)28-19-11-13-20(14-12-19)38(35,36)32-25-30-26-29-22(17-7-9-18(27)10-8-17)15-23(33(26)31-25)21-5-3-4-6-24(21)37-2/h3-15,23H,1-2H3,(H,28,34)(H2,29,30,31,32). The summed E-state index contributed by atoms with van der Waals surface area (Å²) in [6.07, 6.45) is 1.96. The van der Waals surface area contributed by atoms with Crippen molar-refractivity contribution < 1.29 is 17.9 Å². The fraction of sp³-hybridized carbons (Fsp3) is 0.115. The molecule has 0 bridgehead atoms. The Balaban J connectivity index is 1.50. The number of amides is 1. The molecule has 3 aromatic carbocycles. The molecule has 1 aromatic heterocycles. The van der Waals surface area contributed by atoms with Crippen LogP contribution in [0, 0.1) is 0 Å². The van der Waals surface area contributed by atoms with Gasteiger partial charge in [0.1, 0.15) is 11.8 Å². The van der Waals surface area contributed by atoms with E-state index in [1.807, 2.05) is 42.5 Å². The van der Waals surface area contributed by atoms with E-state index in [0.29, 0.717) is 22.4 Å². The maximum atomic E-state index is 13.1. The van der Waals surface area contributed by atoms with Crippen LogP contribution < -0.4 is 20.1 Å². The molecule has 12 heteroatoms. The molecule has 0 saturated carbocycles. The van der Waals surface area contributed by atoms with Gasteiger partial charge in [0.15, 0.2) is 0 Å². The normalized spacial score (nSPS) is 14.6. The number of allylic oxidation sites excluding steroid dienone is 1. The predicted octanol–water partition coefficient (Wildman–Crippen LogP) is 4.76. The Morgan fingerprint density at radius 2 is 1.76 bits per heavy atom. The van der Waals surface area contributed by atoms with Gasteiger partial charge in [-0.05, 0) is 54.1 Å². The van der Waals surface area contributed by atoms with Gasteiger partial charge in [-0.2, -0.15) is 4.98 Å². The number of anilines is 3. The Bertz CT molecular complexity index is 1630. The summed E-state index contributed by atoms with van der Waals surface area (Å²) in [6, 6.07) is 20.2. The number of para-hydroxylation sites is 1. The molecule has 10 nitrogen and oxygen atoms in total. The van der Waals surface area contributed by atoms with Crippen molar-refractivity contribution in [1.82, 2.24) is 14.8 Å². The van der Waals surface area contributed by atoms with E-state index in [-0.39, 0.29) is 16.8 Å². The van der Waals surface area contributed by atoms with Crippen molar-refractivity contribution in [2.24, 2.45) is 0 Å². The van der Waals surface area contributed by atoms with Crippen molar-refractivity contribution in [3.8, 4) is 5.75 Å². The second-order valence-corrected chi connectivity index (χ2v) is 10.5. The van der Waals surface area contributed by atoms with Crippen molar-refractivity contribution in [1.29, 1.82) is 0 Å². The first kappa shape index (κ1) is 25.3. The minimum Gasteiger partial charge on any atom is -0.496 e. The molecule has 194 valence electrons. The Morgan fingerprint density at radius 3 is 2.45 bits per heavy atom. The van der Waals surface area contributed by atoms with E-state index in [9.17, 15) is 13.2 Å². The van der Waals surface area contributed by atoms with Gasteiger partial charge in [-0.1, -0.05) is 41.9 Å². The number of hydrogen-bond donors (Lipinski definition) is 3. The third kappa shape index (κ3) is 5.20. The van der Waals surface area contributed by atoms with Crippen LogP contribution in [0.15, 0.2) is 83.8 Å². The number of sulfonamides is 1. The quantitative estimate of drug-likeness (QED) is 0.303. The number of aromatic nitrogens is 3. The first-order chi connectivity index (χ1) is 18.2. The van der Waals surface area contributed by atoms with Crippen molar-refractivity contribution in [2.75, 3.05) is 22.5 Å². The summed E-state index contributed by atoms with van der Waals surface area (Å²) in [5.74, 6) is 0.625. The Kier molecular flexibility index (Phi) is 6.79. The van der Waals surface area contributed by atoms with Gasteiger partial charge >= 0.3 is 0 Å². The predicted molar refractivity (Wildman–Crippen MR) is 146 cm³/mol. The average molecular weight is 551 g/mol. The number of benzene rings is 3. The van der Waals surface area contributed by atoms with E-state index in [1.165, 1.54) is 31.2 Å². The third-order valence-electron chi connectivity index (χ3n) is 5.79. The number of hydrogen-bond acceptors (Lipinski definition) is 7. The van der Waals surface area contributed by atoms with Crippen LogP contribution in [0.1, 0.15) is 24.1 Å². The largest absolute Gasteiger partial charge is 0.496 e. The summed E-state index contributed by atoms with van der Waals surface area (Å²) < 4.78 is 35.7. The second-order valence-electron chi connectivity index (χ2n) is 8.41. The van der Waals surface area contributed by atoms with Crippen LogP contribution >= 0.6 is 11.6 Å². The zero-order valence-corrected chi connectivity index (χ0v) is 21.9. The summed E-state index contributed by atoms with van der Waals surface area (Å²) >= 11 is 6.08. The fourth-order valence-corrected chi connectivity index (χ4v) is 5.13. The number of nitrogens with zero attached hydrogens (tertiary/aromatic N) is 3. The number of carbonyl (C=O) groups excluding carboxylic acids is 1. The van der Waals surface area contributed by atoms with Gasteiger partial charge in [0, 0.05) is 28.9 Å².